The molecular formula is C9H11NO3. The molecule has 1 aliphatic rings. The first-order chi connectivity index (χ1) is 6.15. The van der Waals surface area contributed by atoms with Crippen LogP contribution < -0.4 is 0 Å². The van der Waals surface area contributed by atoms with Crippen molar-refractivity contribution in [2.45, 2.75) is 20.3 Å². The van der Waals surface area contributed by atoms with E-state index in [-0.39, 0.29) is 12.3 Å². The van der Waals surface area contributed by atoms with E-state index in [9.17, 15) is 9.59 Å². The lowest BCUT2D eigenvalue weighted by atomic mass is 10.1. The number of hydrogen-bond acceptors (Lipinski definition) is 3. The predicted octanol–water partition coefficient (Wildman–Crippen LogP) is 0.867. The summed E-state index contributed by atoms with van der Waals surface area (Å²) in [4.78, 5) is 25.6. The van der Waals surface area contributed by atoms with Crippen molar-refractivity contribution in [3.63, 3.8) is 0 Å². The zero-order valence-corrected chi connectivity index (χ0v) is 7.66. The van der Waals surface area contributed by atoms with Gasteiger partial charge in [-0.3, -0.25) is 4.79 Å². The molecule has 0 spiro atoms. The Balaban J connectivity index is 2.80. The minimum absolute atomic E-state index is 0.213. The largest absolute Gasteiger partial charge is 0.462 e. The molecule has 4 heteroatoms. The average Bonchev–Trinajstić information content (AvgIpc) is 2.04. The minimum Gasteiger partial charge on any atom is -0.462 e. The van der Waals surface area contributed by atoms with Gasteiger partial charge in [-0.15, -0.1) is 0 Å². The number of carbonyl (C=O) groups excluding carboxylic acids is 2. The van der Waals surface area contributed by atoms with Crippen LogP contribution in [0.3, 0.4) is 0 Å². The van der Waals surface area contributed by atoms with E-state index in [0.29, 0.717) is 12.2 Å². The van der Waals surface area contributed by atoms with E-state index >= 15 is 0 Å². The molecule has 1 heterocycles. The maximum absolute atomic E-state index is 11.2. The van der Waals surface area contributed by atoms with Gasteiger partial charge in [-0.1, -0.05) is 0 Å². The maximum Gasteiger partial charge on any atom is 0.339 e. The van der Waals surface area contributed by atoms with E-state index in [1.165, 1.54) is 6.21 Å². The van der Waals surface area contributed by atoms with Crippen LogP contribution in [0.1, 0.15) is 20.3 Å². The Morgan fingerprint density at radius 3 is 2.92 bits per heavy atom. The quantitative estimate of drug-likeness (QED) is 0.594. The molecule has 13 heavy (non-hydrogen) atoms. The van der Waals surface area contributed by atoms with Crippen molar-refractivity contribution >= 4 is 18.1 Å². The molecule has 1 rings (SSSR count). The van der Waals surface area contributed by atoms with Crippen LogP contribution in [-0.4, -0.2) is 24.7 Å². The fourth-order valence-electron chi connectivity index (χ4n) is 1.05. The molecule has 0 atom stereocenters. The first-order valence-corrected chi connectivity index (χ1v) is 4.09. The number of nitrogens with zero attached hydrogens (tertiary/aromatic N) is 1. The number of dihydropyridines is 1. The Morgan fingerprint density at radius 1 is 1.69 bits per heavy atom. The van der Waals surface area contributed by atoms with Gasteiger partial charge >= 0.3 is 5.97 Å². The molecule has 0 radical (unpaired) electrons. The molecule has 1 amide bonds. The fourth-order valence-corrected chi connectivity index (χ4v) is 1.05. The van der Waals surface area contributed by atoms with Gasteiger partial charge in [-0.25, -0.2) is 9.79 Å². The number of carbonyl (C=O) groups is 2. The van der Waals surface area contributed by atoms with E-state index < -0.39 is 5.97 Å². The summed E-state index contributed by atoms with van der Waals surface area (Å²) in [6.07, 6.45) is 1.49. The van der Waals surface area contributed by atoms with Gasteiger partial charge in [-0.2, -0.15) is 0 Å². The maximum atomic E-state index is 11.2. The van der Waals surface area contributed by atoms with Gasteiger partial charge in [0.05, 0.1) is 18.6 Å². The predicted molar refractivity (Wildman–Crippen MR) is 47.4 cm³/mol. The number of rotatable bonds is 2. The molecule has 0 aliphatic carbocycles. The summed E-state index contributed by atoms with van der Waals surface area (Å²) < 4.78 is 4.79. The summed E-state index contributed by atoms with van der Waals surface area (Å²) in [5.41, 5.74) is 1.12. The van der Waals surface area contributed by atoms with Crippen LogP contribution >= 0.6 is 0 Å². The first-order valence-electron chi connectivity index (χ1n) is 4.09. The fraction of sp³-hybridized carbons (Fsp3) is 0.444. The summed E-state index contributed by atoms with van der Waals surface area (Å²) in [5, 5.41) is 0. The molecule has 0 saturated heterocycles. The highest BCUT2D eigenvalue weighted by Gasteiger charge is 2.17. The van der Waals surface area contributed by atoms with Gasteiger partial charge in [-0.05, 0) is 19.4 Å². The zero-order chi connectivity index (χ0) is 9.84. The van der Waals surface area contributed by atoms with Crippen LogP contribution in [0.4, 0.5) is 0 Å². The Bertz CT molecular complexity index is 302. The van der Waals surface area contributed by atoms with Crippen molar-refractivity contribution in [3.8, 4) is 0 Å². The number of ether oxygens (including phenoxy) is 1. The Labute approximate surface area is 76.3 Å². The van der Waals surface area contributed by atoms with Crippen molar-refractivity contribution in [3.05, 3.63) is 11.1 Å². The topological polar surface area (TPSA) is 55.7 Å². The van der Waals surface area contributed by atoms with Gasteiger partial charge in [0.15, 0.2) is 0 Å². The number of esters is 1. The van der Waals surface area contributed by atoms with E-state index in [0.717, 1.165) is 5.57 Å². The molecule has 0 aromatic carbocycles. The van der Waals surface area contributed by atoms with Crippen LogP contribution in [0.5, 0.6) is 0 Å². The summed E-state index contributed by atoms with van der Waals surface area (Å²) in [6, 6.07) is 0. The summed E-state index contributed by atoms with van der Waals surface area (Å²) in [5.74, 6) is -0.623. The molecule has 0 bridgehead atoms. The zero-order valence-electron chi connectivity index (χ0n) is 7.66. The number of hydrogen-bond donors (Lipinski definition) is 0. The molecule has 0 fully saturated rings. The van der Waals surface area contributed by atoms with E-state index in [4.69, 9.17) is 4.74 Å². The van der Waals surface area contributed by atoms with Crippen molar-refractivity contribution < 1.29 is 14.3 Å². The number of aliphatic imine (C=N–C) groups is 1. The van der Waals surface area contributed by atoms with Crippen molar-refractivity contribution in [1.29, 1.82) is 0 Å². The molecule has 1 aliphatic heterocycles. The highest BCUT2D eigenvalue weighted by molar-refractivity contribution is 6.14. The lowest BCUT2D eigenvalue weighted by Crippen LogP contribution is -2.15. The third-order valence-electron chi connectivity index (χ3n) is 1.71. The molecule has 0 aromatic rings. The van der Waals surface area contributed by atoms with E-state index in [2.05, 4.69) is 4.99 Å². The smallest absolute Gasteiger partial charge is 0.339 e. The van der Waals surface area contributed by atoms with Gasteiger partial charge in [0.25, 0.3) is 0 Å². The van der Waals surface area contributed by atoms with E-state index in [1.807, 2.05) is 0 Å². The normalized spacial score (nSPS) is 16.3. The molecular weight excluding hydrogens is 170 g/mol. The van der Waals surface area contributed by atoms with Crippen LogP contribution in [-0.2, 0) is 14.3 Å². The lowest BCUT2D eigenvalue weighted by molar-refractivity contribution is -0.137. The molecule has 70 valence electrons. The highest BCUT2D eigenvalue weighted by atomic mass is 16.5. The van der Waals surface area contributed by atoms with Crippen LogP contribution in [0.15, 0.2) is 16.1 Å². The summed E-state index contributed by atoms with van der Waals surface area (Å²) in [6.45, 7) is 3.80. The highest BCUT2D eigenvalue weighted by Crippen LogP contribution is 2.13. The number of amides is 1. The summed E-state index contributed by atoms with van der Waals surface area (Å²) in [7, 11) is 0. The Kier molecular flexibility index (Phi) is 2.95. The molecule has 4 nitrogen and oxygen atoms in total. The second kappa shape index (κ2) is 3.98. The molecule has 0 saturated carbocycles. The Morgan fingerprint density at radius 2 is 2.38 bits per heavy atom. The third kappa shape index (κ3) is 2.24. The van der Waals surface area contributed by atoms with Crippen LogP contribution in [0, 0.1) is 0 Å². The lowest BCUT2D eigenvalue weighted by Gasteiger charge is -2.09. The molecule has 0 unspecified atom stereocenters. The SMILES string of the molecule is CCOC(=O)C1=C(C)CC(=O)N=C1. The van der Waals surface area contributed by atoms with Crippen molar-refractivity contribution in [2.24, 2.45) is 4.99 Å². The molecule has 0 N–H and O–H groups in total. The van der Waals surface area contributed by atoms with Crippen molar-refractivity contribution in [1.82, 2.24) is 0 Å². The average molecular weight is 181 g/mol. The van der Waals surface area contributed by atoms with Crippen LogP contribution in [0.25, 0.3) is 0 Å². The van der Waals surface area contributed by atoms with Gasteiger partial charge < -0.3 is 4.74 Å². The van der Waals surface area contributed by atoms with Crippen LogP contribution in [0.2, 0.25) is 0 Å². The second-order valence-corrected chi connectivity index (χ2v) is 2.74. The third-order valence-corrected chi connectivity index (χ3v) is 1.71. The van der Waals surface area contributed by atoms with E-state index in [1.54, 1.807) is 13.8 Å². The minimum atomic E-state index is -0.406. The van der Waals surface area contributed by atoms with Crippen molar-refractivity contribution in [2.75, 3.05) is 6.61 Å². The summed E-state index contributed by atoms with van der Waals surface area (Å²) >= 11 is 0. The van der Waals surface area contributed by atoms with Gasteiger partial charge in [0.2, 0.25) is 5.91 Å². The Hall–Kier alpha value is -1.45. The molecule has 0 aromatic heterocycles. The van der Waals surface area contributed by atoms with Gasteiger partial charge in [0.1, 0.15) is 0 Å². The second-order valence-electron chi connectivity index (χ2n) is 2.74. The standard InChI is InChI=1S/C9H11NO3/c1-3-13-9(12)7-5-10-8(11)4-6(7)2/h5H,3-4H2,1-2H3. The first kappa shape index (κ1) is 9.64. The monoisotopic (exact) mass is 181 g/mol. The van der Waals surface area contributed by atoms with Gasteiger partial charge in [0, 0.05) is 6.21 Å².